The van der Waals surface area contributed by atoms with Crippen molar-refractivity contribution in [3.05, 3.63) is 66.7 Å². The maximum absolute atomic E-state index is 9.13. The fourth-order valence-corrected chi connectivity index (χ4v) is 6.62. The van der Waals surface area contributed by atoms with E-state index in [4.69, 9.17) is 9.68 Å². The van der Waals surface area contributed by atoms with Crippen LogP contribution in [0.4, 0.5) is 0 Å². The van der Waals surface area contributed by atoms with Crippen LogP contribution in [-0.2, 0) is 0 Å². The second-order valence-corrected chi connectivity index (χ2v) is 8.69. The molecule has 2 nitrogen and oxygen atoms in total. The smallest absolute Gasteiger partial charge is 0.504 e. The summed E-state index contributed by atoms with van der Waals surface area (Å²) >= 11 is 3.72. The van der Waals surface area contributed by atoms with Crippen LogP contribution in [-0.4, -0.2) is 12.7 Å². The van der Waals surface area contributed by atoms with Crippen LogP contribution in [0.25, 0.3) is 51.1 Å². The first-order valence-corrected chi connectivity index (χ1v) is 10.4. The largest absolute Gasteiger partial charge is 0.539 e. The monoisotopic (exact) mass is 384 g/mol. The summed E-state index contributed by atoms with van der Waals surface area (Å²) in [5, 5.41) is 16.9. The molecular formula is C22H13BO2S2. The summed E-state index contributed by atoms with van der Waals surface area (Å²) in [7, 11) is -0.311. The quantitative estimate of drug-likeness (QED) is 0.360. The molecule has 1 N–H and O–H groups in total. The Bertz CT molecular complexity index is 1500. The van der Waals surface area contributed by atoms with E-state index in [9.17, 15) is 0 Å². The molecular weight excluding hydrogens is 371 g/mol. The molecule has 0 amide bonds. The van der Waals surface area contributed by atoms with Crippen LogP contribution in [0, 0.1) is 0 Å². The van der Waals surface area contributed by atoms with Gasteiger partial charge in [-0.25, -0.2) is 0 Å². The van der Waals surface area contributed by atoms with Gasteiger partial charge in [-0.2, -0.15) is 0 Å². The fourth-order valence-electron chi connectivity index (χ4n) is 4.06. The van der Waals surface area contributed by atoms with Gasteiger partial charge in [0.05, 0.1) is 9.40 Å². The highest BCUT2D eigenvalue weighted by molar-refractivity contribution is 7.33. The van der Waals surface area contributed by atoms with Gasteiger partial charge < -0.3 is 9.68 Å². The third kappa shape index (κ3) is 2.10. The van der Waals surface area contributed by atoms with Crippen molar-refractivity contribution < 1.29 is 9.68 Å². The van der Waals surface area contributed by atoms with Crippen LogP contribution in [0.5, 0.6) is 5.75 Å². The van der Waals surface area contributed by atoms with Crippen molar-refractivity contribution in [2.24, 2.45) is 0 Å². The van der Waals surface area contributed by atoms with Gasteiger partial charge in [0.15, 0.2) is 0 Å². The predicted molar refractivity (Wildman–Crippen MR) is 120 cm³/mol. The molecule has 6 rings (SSSR count). The standard InChI is InChI=1S/C22H13BO2S2/c24-23-25-12-9-10-18-16(11-12)20-14-6-2-1-5-13(14)19-15-7-3-4-8-17(15)26-21(19)22(20)27-18/h1-11,23-24H. The normalized spacial score (nSPS) is 11.9. The molecule has 128 valence electrons. The van der Waals surface area contributed by atoms with Crippen molar-refractivity contribution in [2.45, 2.75) is 0 Å². The summed E-state index contributed by atoms with van der Waals surface area (Å²) in [6.07, 6.45) is 0. The Balaban J connectivity index is 1.92. The minimum atomic E-state index is -0.311. The van der Waals surface area contributed by atoms with E-state index in [2.05, 4.69) is 60.7 Å². The highest BCUT2D eigenvalue weighted by atomic mass is 32.1. The average Bonchev–Trinajstić information content (AvgIpc) is 3.27. The van der Waals surface area contributed by atoms with Crippen molar-refractivity contribution in [1.29, 1.82) is 0 Å². The molecule has 27 heavy (non-hydrogen) atoms. The zero-order valence-corrected chi connectivity index (χ0v) is 15.9. The highest BCUT2D eigenvalue weighted by Crippen LogP contribution is 2.49. The third-order valence-corrected chi connectivity index (χ3v) is 7.66. The Kier molecular flexibility index (Phi) is 3.26. The molecule has 5 heteroatoms. The number of thiophene rings is 2. The van der Waals surface area contributed by atoms with E-state index in [0.29, 0.717) is 5.75 Å². The van der Waals surface area contributed by atoms with Crippen LogP contribution in [0.2, 0.25) is 0 Å². The Morgan fingerprint density at radius 2 is 1.26 bits per heavy atom. The number of rotatable bonds is 2. The van der Waals surface area contributed by atoms with Gasteiger partial charge in [0, 0.05) is 30.9 Å². The average molecular weight is 384 g/mol. The van der Waals surface area contributed by atoms with Crippen LogP contribution in [0.15, 0.2) is 66.7 Å². The van der Waals surface area contributed by atoms with E-state index in [1.165, 1.54) is 51.1 Å². The van der Waals surface area contributed by atoms with E-state index in [-0.39, 0.29) is 7.69 Å². The van der Waals surface area contributed by atoms with Crippen LogP contribution < -0.4 is 4.65 Å². The van der Waals surface area contributed by atoms with Gasteiger partial charge in [-0.05, 0) is 35.0 Å². The minimum absolute atomic E-state index is 0.311. The van der Waals surface area contributed by atoms with E-state index >= 15 is 0 Å². The minimum Gasteiger partial charge on any atom is -0.539 e. The Morgan fingerprint density at radius 3 is 1.96 bits per heavy atom. The molecule has 0 saturated carbocycles. The summed E-state index contributed by atoms with van der Waals surface area (Å²) in [4.78, 5) is 0. The maximum Gasteiger partial charge on any atom is 0.504 e. The molecule has 0 radical (unpaired) electrons. The van der Waals surface area contributed by atoms with Crippen LogP contribution in [0.1, 0.15) is 0 Å². The molecule has 0 aliphatic rings. The summed E-state index contributed by atoms with van der Waals surface area (Å²) in [5.74, 6) is 0.699. The summed E-state index contributed by atoms with van der Waals surface area (Å²) in [5.41, 5.74) is 0. The molecule has 0 fully saturated rings. The Labute approximate surface area is 163 Å². The molecule has 0 aliphatic carbocycles. The first kappa shape index (κ1) is 15.5. The molecule has 0 atom stereocenters. The molecule has 2 aromatic heterocycles. The van der Waals surface area contributed by atoms with E-state index in [1.807, 2.05) is 28.7 Å². The molecule has 0 unspecified atom stereocenters. The SMILES string of the molecule is OBOc1ccc2sc3c4sc5ccccc5c4c4ccccc4c3c2c1. The molecule has 0 saturated heterocycles. The molecule has 0 spiro atoms. The van der Waals surface area contributed by atoms with E-state index in [1.54, 1.807) is 0 Å². The van der Waals surface area contributed by atoms with Crippen molar-refractivity contribution in [1.82, 2.24) is 0 Å². The first-order valence-electron chi connectivity index (χ1n) is 8.77. The second kappa shape index (κ2) is 5.70. The molecule has 0 aliphatic heterocycles. The van der Waals surface area contributed by atoms with Gasteiger partial charge in [-0.15, -0.1) is 22.7 Å². The highest BCUT2D eigenvalue weighted by Gasteiger charge is 2.18. The molecule has 4 aromatic carbocycles. The summed E-state index contributed by atoms with van der Waals surface area (Å²) in [6, 6.07) is 23.4. The zero-order chi connectivity index (χ0) is 18.0. The first-order chi connectivity index (χ1) is 13.3. The van der Waals surface area contributed by atoms with Crippen LogP contribution >= 0.6 is 22.7 Å². The van der Waals surface area contributed by atoms with E-state index < -0.39 is 0 Å². The predicted octanol–water partition coefficient (Wildman–Crippen LogP) is 6.21. The third-order valence-electron chi connectivity index (χ3n) is 5.16. The number of fused-ring (bicyclic) bond motifs is 10. The molecule has 2 heterocycles. The van der Waals surface area contributed by atoms with E-state index in [0.717, 1.165) is 0 Å². The second-order valence-electron chi connectivity index (χ2n) is 6.59. The van der Waals surface area contributed by atoms with Gasteiger partial charge in [-0.3, -0.25) is 0 Å². The lowest BCUT2D eigenvalue weighted by molar-refractivity contribution is 0.454. The molecule has 0 bridgehead atoms. The lowest BCUT2D eigenvalue weighted by atomic mass is 9.99. The Hall–Kier alpha value is -2.60. The zero-order valence-electron chi connectivity index (χ0n) is 14.2. The van der Waals surface area contributed by atoms with Gasteiger partial charge in [0.25, 0.3) is 0 Å². The maximum atomic E-state index is 9.13. The van der Waals surface area contributed by atoms with Crippen molar-refractivity contribution in [3.63, 3.8) is 0 Å². The lowest BCUT2D eigenvalue weighted by Gasteiger charge is -2.05. The fraction of sp³-hybridized carbons (Fsp3) is 0. The van der Waals surface area contributed by atoms with Gasteiger partial charge >= 0.3 is 7.69 Å². The van der Waals surface area contributed by atoms with Crippen molar-refractivity contribution >= 4 is 81.5 Å². The van der Waals surface area contributed by atoms with Gasteiger partial charge in [0.2, 0.25) is 0 Å². The number of hydrogen-bond acceptors (Lipinski definition) is 4. The number of hydrogen-bond donors (Lipinski definition) is 1. The van der Waals surface area contributed by atoms with Gasteiger partial charge in [-0.1, -0.05) is 42.5 Å². The van der Waals surface area contributed by atoms with Gasteiger partial charge in [0.1, 0.15) is 5.75 Å². The summed E-state index contributed by atoms with van der Waals surface area (Å²) < 4.78 is 10.6. The van der Waals surface area contributed by atoms with Crippen LogP contribution in [0.3, 0.4) is 0 Å². The molecule has 6 aromatic rings. The van der Waals surface area contributed by atoms with Crippen molar-refractivity contribution in [3.8, 4) is 5.75 Å². The Morgan fingerprint density at radius 1 is 0.667 bits per heavy atom. The summed E-state index contributed by atoms with van der Waals surface area (Å²) in [6.45, 7) is 0. The lowest BCUT2D eigenvalue weighted by Crippen LogP contribution is -1.98. The topological polar surface area (TPSA) is 29.5 Å². The van der Waals surface area contributed by atoms with Crippen molar-refractivity contribution in [2.75, 3.05) is 0 Å². The number of benzene rings is 4.